The lowest BCUT2D eigenvalue weighted by atomic mass is 10.1. The standard InChI is InChI=1S/C15H16O4S/c1-9-5-4-6-13(14(9)17)20(18,19)15-10(2)7-8-12(16)11(15)3/h4-8,16-17H,1-3H3. The molecule has 2 aromatic rings. The molecule has 0 aliphatic heterocycles. The predicted molar refractivity (Wildman–Crippen MR) is 75.9 cm³/mol. The van der Waals surface area contributed by atoms with Crippen molar-refractivity contribution in [2.24, 2.45) is 0 Å². The van der Waals surface area contributed by atoms with Crippen LogP contribution in [0.2, 0.25) is 0 Å². The van der Waals surface area contributed by atoms with Gasteiger partial charge in [0.25, 0.3) is 0 Å². The first-order valence-corrected chi connectivity index (χ1v) is 7.58. The topological polar surface area (TPSA) is 74.6 Å². The molecule has 0 spiro atoms. The summed E-state index contributed by atoms with van der Waals surface area (Å²) in [5.41, 5.74) is 1.30. The van der Waals surface area contributed by atoms with E-state index in [2.05, 4.69) is 0 Å². The molecule has 0 atom stereocenters. The molecule has 0 aromatic heterocycles. The first-order valence-electron chi connectivity index (χ1n) is 6.09. The van der Waals surface area contributed by atoms with Crippen molar-refractivity contribution in [1.29, 1.82) is 0 Å². The third-order valence-corrected chi connectivity index (χ3v) is 5.41. The second-order valence-electron chi connectivity index (χ2n) is 4.78. The Hall–Kier alpha value is -2.01. The van der Waals surface area contributed by atoms with Crippen LogP contribution in [0.3, 0.4) is 0 Å². The van der Waals surface area contributed by atoms with Crippen molar-refractivity contribution in [1.82, 2.24) is 0 Å². The minimum absolute atomic E-state index is 0.0402. The molecule has 5 heteroatoms. The number of hydrogen-bond donors (Lipinski definition) is 2. The molecule has 0 radical (unpaired) electrons. The summed E-state index contributed by atoms with van der Waals surface area (Å²) in [5, 5.41) is 19.7. The Bertz CT molecular complexity index is 777. The molecule has 0 fully saturated rings. The maximum Gasteiger partial charge on any atom is 0.210 e. The van der Waals surface area contributed by atoms with Crippen LogP contribution in [0.5, 0.6) is 11.5 Å². The fourth-order valence-corrected chi connectivity index (χ4v) is 4.08. The average Bonchev–Trinajstić information content (AvgIpc) is 2.37. The monoisotopic (exact) mass is 292 g/mol. The third kappa shape index (κ3) is 2.14. The van der Waals surface area contributed by atoms with E-state index in [-0.39, 0.29) is 26.9 Å². The van der Waals surface area contributed by atoms with E-state index in [0.717, 1.165) is 0 Å². The Labute approximate surface area is 118 Å². The minimum atomic E-state index is -3.89. The Morgan fingerprint density at radius 1 is 0.900 bits per heavy atom. The van der Waals surface area contributed by atoms with Crippen LogP contribution in [0, 0.1) is 20.8 Å². The summed E-state index contributed by atoms with van der Waals surface area (Å²) in [6.07, 6.45) is 0. The summed E-state index contributed by atoms with van der Waals surface area (Å²) in [6, 6.07) is 7.58. The third-order valence-electron chi connectivity index (χ3n) is 3.33. The minimum Gasteiger partial charge on any atom is -0.508 e. The van der Waals surface area contributed by atoms with Gasteiger partial charge in [-0.1, -0.05) is 18.2 Å². The van der Waals surface area contributed by atoms with Crippen LogP contribution in [0.15, 0.2) is 40.1 Å². The molecule has 0 bridgehead atoms. The number of aryl methyl sites for hydroxylation is 2. The number of sulfone groups is 1. The van der Waals surface area contributed by atoms with Crippen molar-refractivity contribution in [3.05, 3.63) is 47.0 Å². The van der Waals surface area contributed by atoms with Crippen molar-refractivity contribution in [2.75, 3.05) is 0 Å². The lowest BCUT2D eigenvalue weighted by molar-refractivity contribution is 0.453. The highest BCUT2D eigenvalue weighted by Crippen LogP contribution is 2.36. The second-order valence-corrected chi connectivity index (χ2v) is 6.64. The van der Waals surface area contributed by atoms with E-state index in [1.54, 1.807) is 39.0 Å². The van der Waals surface area contributed by atoms with Gasteiger partial charge in [-0.15, -0.1) is 0 Å². The van der Waals surface area contributed by atoms with Crippen LogP contribution in [-0.2, 0) is 9.84 Å². The zero-order chi connectivity index (χ0) is 15.1. The highest BCUT2D eigenvalue weighted by atomic mass is 32.2. The first-order chi connectivity index (χ1) is 9.26. The van der Waals surface area contributed by atoms with Crippen LogP contribution in [-0.4, -0.2) is 18.6 Å². The molecule has 0 heterocycles. The fraction of sp³-hybridized carbons (Fsp3) is 0.200. The van der Waals surface area contributed by atoms with Gasteiger partial charge < -0.3 is 10.2 Å². The molecule has 2 rings (SSSR count). The molecule has 4 nitrogen and oxygen atoms in total. The van der Waals surface area contributed by atoms with E-state index in [9.17, 15) is 18.6 Å². The Morgan fingerprint density at radius 2 is 1.55 bits per heavy atom. The molecule has 0 saturated heterocycles. The molecule has 0 amide bonds. The smallest absolute Gasteiger partial charge is 0.210 e. The SMILES string of the molecule is Cc1cccc(S(=O)(=O)c2c(C)ccc(O)c2C)c1O. The molecular formula is C15H16O4S. The van der Waals surface area contributed by atoms with Crippen LogP contribution in [0.4, 0.5) is 0 Å². The predicted octanol–water partition coefficient (Wildman–Crippen LogP) is 2.86. The number of para-hydroxylation sites is 1. The van der Waals surface area contributed by atoms with E-state index < -0.39 is 9.84 Å². The molecule has 0 aliphatic rings. The van der Waals surface area contributed by atoms with Gasteiger partial charge in [-0.2, -0.15) is 0 Å². The molecular weight excluding hydrogens is 276 g/mol. The molecule has 0 unspecified atom stereocenters. The number of hydrogen-bond acceptors (Lipinski definition) is 4. The van der Waals surface area contributed by atoms with Gasteiger partial charge >= 0.3 is 0 Å². The van der Waals surface area contributed by atoms with Gasteiger partial charge in [0, 0.05) is 5.56 Å². The zero-order valence-electron chi connectivity index (χ0n) is 11.5. The summed E-state index contributed by atoms with van der Waals surface area (Å²) >= 11 is 0. The summed E-state index contributed by atoms with van der Waals surface area (Å²) in [7, 11) is -3.89. The molecule has 0 saturated carbocycles. The molecule has 2 N–H and O–H groups in total. The summed E-state index contributed by atoms with van der Waals surface area (Å²) in [6.45, 7) is 4.84. The van der Waals surface area contributed by atoms with Crippen molar-refractivity contribution in [3.8, 4) is 11.5 Å². The lowest BCUT2D eigenvalue weighted by Crippen LogP contribution is -2.07. The van der Waals surface area contributed by atoms with Crippen LogP contribution in [0.25, 0.3) is 0 Å². The normalized spacial score (nSPS) is 11.6. The molecule has 20 heavy (non-hydrogen) atoms. The molecule has 106 valence electrons. The Morgan fingerprint density at radius 3 is 2.20 bits per heavy atom. The molecule has 2 aromatic carbocycles. The number of phenols is 2. The molecule has 0 aliphatic carbocycles. The number of aromatic hydroxyl groups is 2. The maximum atomic E-state index is 12.7. The fourth-order valence-electron chi connectivity index (χ4n) is 2.19. The Kier molecular flexibility index (Phi) is 3.48. The van der Waals surface area contributed by atoms with E-state index >= 15 is 0 Å². The van der Waals surface area contributed by atoms with Gasteiger partial charge in [-0.3, -0.25) is 0 Å². The summed E-state index contributed by atoms with van der Waals surface area (Å²) < 4.78 is 25.5. The van der Waals surface area contributed by atoms with Gasteiger partial charge in [0.2, 0.25) is 9.84 Å². The van der Waals surface area contributed by atoms with Crippen molar-refractivity contribution in [3.63, 3.8) is 0 Å². The second kappa shape index (κ2) is 4.83. The zero-order valence-corrected chi connectivity index (χ0v) is 12.3. The van der Waals surface area contributed by atoms with E-state index in [0.29, 0.717) is 11.1 Å². The van der Waals surface area contributed by atoms with Crippen molar-refractivity contribution < 1.29 is 18.6 Å². The van der Waals surface area contributed by atoms with E-state index in [1.165, 1.54) is 12.1 Å². The average molecular weight is 292 g/mol. The van der Waals surface area contributed by atoms with E-state index in [1.807, 2.05) is 0 Å². The number of benzene rings is 2. The maximum absolute atomic E-state index is 12.7. The van der Waals surface area contributed by atoms with Gasteiger partial charge in [-0.05, 0) is 44.0 Å². The number of phenolic OH excluding ortho intramolecular Hbond substituents is 2. The van der Waals surface area contributed by atoms with Gasteiger partial charge in [0.05, 0.1) is 4.90 Å². The van der Waals surface area contributed by atoms with E-state index in [4.69, 9.17) is 0 Å². The number of rotatable bonds is 2. The largest absolute Gasteiger partial charge is 0.508 e. The lowest BCUT2D eigenvalue weighted by Gasteiger charge is -2.14. The van der Waals surface area contributed by atoms with Crippen molar-refractivity contribution >= 4 is 9.84 Å². The highest BCUT2D eigenvalue weighted by molar-refractivity contribution is 7.91. The van der Waals surface area contributed by atoms with Crippen molar-refractivity contribution in [2.45, 2.75) is 30.6 Å². The first kappa shape index (κ1) is 14.4. The quantitative estimate of drug-likeness (QED) is 0.892. The van der Waals surface area contributed by atoms with Crippen LogP contribution >= 0.6 is 0 Å². The Balaban J connectivity index is 2.81. The van der Waals surface area contributed by atoms with Crippen LogP contribution < -0.4 is 0 Å². The van der Waals surface area contributed by atoms with Gasteiger partial charge in [0.15, 0.2) is 0 Å². The summed E-state index contributed by atoms with van der Waals surface area (Å²) in [4.78, 5) is -0.104. The summed E-state index contributed by atoms with van der Waals surface area (Å²) in [5.74, 6) is -0.337. The van der Waals surface area contributed by atoms with Gasteiger partial charge in [-0.25, -0.2) is 8.42 Å². The van der Waals surface area contributed by atoms with Crippen LogP contribution in [0.1, 0.15) is 16.7 Å². The highest BCUT2D eigenvalue weighted by Gasteiger charge is 2.26. The van der Waals surface area contributed by atoms with Gasteiger partial charge in [0.1, 0.15) is 16.4 Å².